The molecule has 9 heteroatoms. The summed E-state index contributed by atoms with van der Waals surface area (Å²) in [6.07, 6.45) is 0. The molecule has 0 saturated heterocycles. The molecule has 0 radical (unpaired) electrons. The Morgan fingerprint density at radius 1 is 0.895 bits per heavy atom. The normalized spacial score (nSPS) is 10.8. The van der Waals surface area contributed by atoms with E-state index >= 15 is 0 Å². The summed E-state index contributed by atoms with van der Waals surface area (Å²) in [6, 6.07) is 24.2. The number of aryl methyl sites for hydroxylation is 1. The Bertz CT molecular complexity index is 1680. The van der Waals surface area contributed by atoms with Gasteiger partial charge in [0.25, 0.3) is 5.91 Å². The van der Waals surface area contributed by atoms with Crippen molar-refractivity contribution in [2.24, 2.45) is 0 Å². The third kappa shape index (κ3) is 4.53. The van der Waals surface area contributed by atoms with Crippen molar-refractivity contribution in [3.8, 4) is 11.1 Å². The number of hydrogen-bond donors (Lipinski definition) is 1. The van der Waals surface area contributed by atoms with Crippen molar-refractivity contribution in [3.05, 3.63) is 118 Å². The lowest BCUT2D eigenvalue weighted by atomic mass is 9.98. The molecule has 3 aromatic carbocycles. The number of hydrogen-bond acceptors (Lipinski definition) is 6. The number of carbonyl (C=O) groups excluding carboxylic acids is 3. The Morgan fingerprint density at radius 3 is 2.16 bits per heavy atom. The zero-order chi connectivity index (χ0) is 26.8. The number of esters is 1. The number of methoxy groups -OCH3 is 1. The summed E-state index contributed by atoms with van der Waals surface area (Å²) in [6.45, 7) is 1.77. The van der Waals surface area contributed by atoms with Gasteiger partial charge in [0.15, 0.2) is 17.1 Å². The maximum absolute atomic E-state index is 13.9. The van der Waals surface area contributed by atoms with Crippen LogP contribution in [0.1, 0.15) is 42.6 Å². The quantitative estimate of drug-likeness (QED) is 0.228. The van der Waals surface area contributed by atoms with Crippen LogP contribution in [0.2, 0.25) is 5.02 Å². The fourth-order valence-electron chi connectivity index (χ4n) is 4.22. The van der Waals surface area contributed by atoms with Crippen LogP contribution in [0.15, 0.2) is 84.9 Å². The van der Waals surface area contributed by atoms with Crippen molar-refractivity contribution >= 4 is 40.6 Å². The Hall–Kier alpha value is -4.82. The Balaban J connectivity index is 1.83. The van der Waals surface area contributed by atoms with Crippen LogP contribution in [-0.4, -0.2) is 39.4 Å². The summed E-state index contributed by atoms with van der Waals surface area (Å²) in [7, 11) is 1.19. The molecule has 8 nitrogen and oxygen atoms in total. The summed E-state index contributed by atoms with van der Waals surface area (Å²) in [4.78, 5) is 45.3. The molecular formula is C29H21ClN4O4. The van der Waals surface area contributed by atoms with Gasteiger partial charge in [-0.3, -0.25) is 9.59 Å². The number of nitrogens with zero attached hydrogens (tertiary/aromatic N) is 3. The van der Waals surface area contributed by atoms with Gasteiger partial charge in [-0.25, -0.2) is 14.3 Å². The number of aromatic nitrogens is 3. The maximum atomic E-state index is 13.9. The van der Waals surface area contributed by atoms with E-state index in [0.29, 0.717) is 22.0 Å². The molecule has 0 aliphatic carbocycles. The van der Waals surface area contributed by atoms with Crippen molar-refractivity contribution in [3.63, 3.8) is 0 Å². The van der Waals surface area contributed by atoms with Gasteiger partial charge < -0.3 is 10.1 Å². The van der Waals surface area contributed by atoms with Crippen LogP contribution in [-0.2, 0) is 4.74 Å². The summed E-state index contributed by atoms with van der Waals surface area (Å²) in [5.41, 5.74) is 2.26. The molecule has 0 spiro atoms. The molecule has 2 aromatic heterocycles. The van der Waals surface area contributed by atoms with E-state index in [-0.39, 0.29) is 28.2 Å². The third-order valence-electron chi connectivity index (χ3n) is 5.96. The molecule has 0 bridgehead atoms. The van der Waals surface area contributed by atoms with Gasteiger partial charge in [-0.2, -0.15) is 5.10 Å². The van der Waals surface area contributed by atoms with Crippen molar-refractivity contribution in [1.29, 1.82) is 0 Å². The lowest BCUT2D eigenvalue weighted by Gasteiger charge is -2.15. The number of carbonyl (C=O) groups is 3. The third-order valence-corrected chi connectivity index (χ3v) is 6.21. The minimum atomic E-state index is -0.856. The second-order valence-corrected chi connectivity index (χ2v) is 8.83. The predicted molar refractivity (Wildman–Crippen MR) is 144 cm³/mol. The molecule has 5 rings (SSSR count). The van der Waals surface area contributed by atoms with E-state index in [2.05, 4.69) is 15.4 Å². The highest BCUT2D eigenvalue weighted by Gasteiger charge is 2.32. The van der Waals surface area contributed by atoms with E-state index in [4.69, 9.17) is 16.3 Å². The van der Waals surface area contributed by atoms with Gasteiger partial charge in [0, 0.05) is 21.8 Å². The van der Waals surface area contributed by atoms with Gasteiger partial charge in [0.2, 0.25) is 0 Å². The van der Waals surface area contributed by atoms with Crippen LogP contribution in [0.25, 0.3) is 16.8 Å². The zero-order valence-corrected chi connectivity index (χ0v) is 21.2. The fraction of sp³-hybridized carbons (Fsp3) is 0.0690. The second kappa shape index (κ2) is 10.3. The molecule has 0 fully saturated rings. The first kappa shape index (κ1) is 24.9. The van der Waals surface area contributed by atoms with E-state index in [0.717, 1.165) is 5.56 Å². The monoisotopic (exact) mass is 524 g/mol. The summed E-state index contributed by atoms with van der Waals surface area (Å²) in [5, 5.41) is 7.88. The van der Waals surface area contributed by atoms with Gasteiger partial charge in [0.1, 0.15) is 5.69 Å². The number of nitrogens with one attached hydrogen (secondary N) is 1. The molecule has 0 unspecified atom stereocenters. The predicted octanol–water partition coefficient (Wildman–Crippen LogP) is 5.63. The van der Waals surface area contributed by atoms with Crippen molar-refractivity contribution < 1.29 is 19.1 Å². The SMILES string of the molecule is COC(=O)c1nc2c(-c3ccccc3)c(C)nn2c(C(=O)Nc2ccc(Cl)cc2)c1C(=O)c1ccccc1. The summed E-state index contributed by atoms with van der Waals surface area (Å²) < 4.78 is 6.31. The Morgan fingerprint density at radius 2 is 1.53 bits per heavy atom. The van der Waals surface area contributed by atoms with E-state index in [1.54, 1.807) is 61.5 Å². The molecule has 0 aliphatic heterocycles. The number of ether oxygens (including phenoxy) is 1. The highest BCUT2D eigenvalue weighted by molar-refractivity contribution is 6.30. The van der Waals surface area contributed by atoms with Crippen molar-refractivity contribution in [1.82, 2.24) is 14.6 Å². The molecule has 188 valence electrons. The highest BCUT2D eigenvalue weighted by Crippen LogP contribution is 2.31. The average Bonchev–Trinajstić information content (AvgIpc) is 3.28. The zero-order valence-electron chi connectivity index (χ0n) is 20.4. The molecule has 38 heavy (non-hydrogen) atoms. The second-order valence-electron chi connectivity index (χ2n) is 8.39. The number of halogens is 1. The molecular weight excluding hydrogens is 504 g/mol. The van der Waals surface area contributed by atoms with E-state index < -0.39 is 17.7 Å². The van der Waals surface area contributed by atoms with Gasteiger partial charge in [-0.1, -0.05) is 72.3 Å². The van der Waals surface area contributed by atoms with Crippen LogP contribution >= 0.6 is 11.6 Å². The van der Waals surface area contributed by atoms with Crippen LogP contribution < -0.4 is 5.32 Å². The largest absolute Gasteiger partial charge is 0.464 e. The lowest BCUT2D eigenvalue weighted by molar-refractivity contribution is 0.0590. The number of anilines is 1. The average molecular weight is 525 g/mol. The van der Waals surface area contributed by atoms with E-state index in [1.165, 1.54) is 11.6 Å². The first-order valence-corrected chi connectivity index (χ1v) is 12.0. The molecule has 0 atom stereocenters. The number of ketones is 1. The smallest absolute Gasteiger partial charge is 0.357 e. The van der Waals surface area contributed by atoms with Crippen LogP contribution in [0.4, 0.5) is 5.69 Å². The molecule has 2 heterocycles. The van der Waals surface area contributed by atoms with Gasteiger partial charge >= 0.3 is 5.97 Å². The van der Waals surface area contributed by atoms with Crippen molar-refractivity contribution in [2.75, 3.05) is 12.4 Å². The number of fused-ring (bicyclic) bond motifs is 1. The first-order valence-electron chi connectivity index (χ1n) is 11.6. The molecule has 1 amide bonds. The van der Waals surface area contributed by atoms with Gasteiger partial charge in [0.05, 0.1) is 18.4 Å². The molecule has 0 saturated carbocycles. The molecule has 5 aromatic rings. The van der Waals surface area contributed by atoms with Crippen LogP contribution in [0, 0.1) is 6.92 Å². The van der Waals surface area contributed by atoms with Gasteiger partial charge in [-0.05, 0) is 36.8 Å². The van der Waals surface area contributed by atoms with Crippen molar-refractivity contribution in [2.45, 2.75) is 6.92 Å². The summed E-state index contributed by atoms with van der Waals surface area (Å²) in [5.74, 6) is -2.09. The standard InChI is InChI=1S/C29H21ClN4O4/c1-17-22(18-9-5-3-6-10-18)27-32-24(29(37)38-2)23(26(35)19-11-7-4-8-12-19)25(34(27)33-17)28(36)31-21-15-13-20(30)14-16-21/h3-16H,1-2H3,(H,31,36). The first-order chi connectivity index (χ1) is 18.4. The minimum Gasteiger partial charge on any atom is -0.464 e. The maximum Gasteiger partial charge on any atom is 0.357 e. The fourth-order valence-corrected chi connectivity index (χ4v) is 4.35. The number of amides is 1. The topological polar surface area (TPSA) is 103 Å². The Kier molecular flexibility index (Phi) is 6.72. The minimum absolute atomic E-state index is 0.149. The van der Waals surface area contributed by atoms with E-state index in [9.17, 15) is 14.4 Å². The summed E-state index contributed by atoms with van der Waals surface area (Å²) >= 11 is 6.00. The van der Waals surface area contributed by atoms with Gasteiger partial charge in [-0.15, -0.1) is 0 Å². The molecule has 0 aliphatic rings. The number of benzene rings is 3. The number of rotatable bonds is 6. The van der Waals surface area contributed by atoms with E-state index in [1.807, 2.05) is 30.3 Å². The van der Waals surface area contributed by atoms with Crippen LogP contribution in [0.5, 0.6) is 0 Å². The molecule has 1 N–H and O–H groups in total. The Labute approximate surface area is 222 Å². The van der Waals surface area contributed by atoms with Crippen LogP contribution in [0.3, 0.4) is 0 Å². The highest BCUT2D eigenvalue weighted by atomic mass is 35.5. The lowest BCUT2D eigenvalue weighted by Crippen LogP contribution is -2.26.